The number of fused-ring (bicyclic) bond motifs is 1. The lowest BCUT2D eigenvalue weighted by Crippen LogP contribution is -2.28. The highest BCUT2D eigenvalue weighted by Gasteiger charge is 2.19. The van der Waals surface area contributed by atoms with Crippen LogP contribution >= 0.6 is 48.4 Å². The second-order valence-corrected chi connectivity index (χ2v) is 10.5. The van der Waals surface area contributed by atoms with Crippen LogP contribution in [0, 0.1) is 9.41 Å². The Morgan fingerprint density at radius 3 is 1.74 bits per heavy atom. The Morgan fingerprint density at radius 2 is 1.19 bits per heavy atom. The first-order chi connectivity index (χ1) is 20.0. The van der Waals surface area contributed by atoms with Crippen molar-refractivity contribution in [3.63, 3.8) is 0 Å². The molecule has 10 heteroatoms. The van der Waals surface area contributed by atoms with Gasteiger partial charge in [-0.15, -0.1) is 12.4 Å². The molecule has 2 aromatic heterocycles. The van der Waals surface area contributed by atoms with E-state index >= 15 is 0 Å². The molecular formula is C32H26Cl2N6S2. The van der Waals surface area contributed by atoms with E-state index < -0.39 is 0 Å². The van der Waals surface area contributed by atoms with Crippen LogP contribution in [0.15, 0.2) is 120 Å². The summed E-state index contributed by atoms with van der Waals surface area (Å²) in [5.41, 5.74) is 11.7. The SMILES string of the molecule is Cl.Nc1c2c(=S)n(-c3ccccc3)c(=S)n(-c3ccccc3)c2nc(=NCCc2ccc(Cl)cc2)n1-c1ccccc1. The Hall–Kier alpha value is -4.08. The van der Waals surface area contributed by atoms with Gasteiger partial charge in [0.2, 0.25) is 5.62 Å². The maximum absolute atomic E-state index is 7.02. The molecule has 6 rings (SSSR count). The number of aromatic nitrogens is 4. The van der Waals surface area contributed by atoms with E-state index in [9.17, 15) is 0 Å². The van der Waals surface area contributed by atoms with Gasteiger partial charge in [0.1, 0.15) is 10.5 Å². The maximum Gasteiger partial charge on any atom is 0.233 e. The predicted octanol–water partition coefficient (Wildman–Crippen LogP) is 7.87. The predicted molar refractivity (Wildman–Crippen MR) is 179 cm³/mol. The number of anilines is 1. The second kappa shape index (κ2) is 12.8. The fourth-order valence-electron chi connectivity index (χ4n) is 4.78. The average Bonchev–Trinajstić information content (AvgIpc) is 2.99. The summed E-state index contributed by atoms with van der Waals surface area (Å²) in [6.07, 6.45) is 0.714. The zero-order valence-electron chi connectivity index (χ0n) is 22.3. The molecule has 0 bridgehead atoms. The topological polar surface area (TPSA) is 66.1 Å². The highest BCUT2D eigenvalue weighted by Crippen LogP contribution is 2.27. The molecule has 6 aromatic rings. The van der Waals surface area contributed by atoms with Crippen molar-refractivity contribution in [1.82, 2.24) is 18.7 Å². The van der Waals surface area contributed by atoms with Crippen LogP contribution in [0.3, 0.4) is 0 Å². The van der Waals surface area contributed by atoms with Crippen LogP contribution in [0.1, 0.15) is 5.56 Å². The lowest BCUT2D eigenvalue weighted by atomic mass is 10.1. The second-order valence-electron chi connectivity index (χ2n) is 9.35. The molecule has 0 saturated heterocycles. The zero-order chi connectivity index (χ0) is 28.3. The van der Waals surface area contributed by atoms with Gasteiger partial charge in [-0.25, -0.2) is 0 Å². The smallest absolute Gasteiger partial charge is 0.233 e. The molecule has 0 saturated carbocycles. The van der Waals surface area contributed by atoms with Crippen molar-refractivity contribution < 1.29 is 0 Å². The van der Waals surface area contributed by atoms with Crippen LogP contribution in [0.5, 0.6) is 0 Å². The molecule has 0 aliphatic heterocycles. The number of nitrogen functional groups attached to an aromatic ring is 1. The third kappa shape index (κ3) is 5.67. The van der Waals surface area contributed by atoms with Gasteiger partial charge in [0.05, 0.1) is 11.1 Å². The minimum absolute atomic E-state index is 0. The molecule has 2 heterocycles. The van der Waals surface area contributed by atoms with Crippen LogP contribution < -0.4 is 11.4 Å². The van der Waals surface area contributed by atoms with Crippen LogP contribution in [-0.4, -0.2) is 25.2 Å². The summed E-state index contributed by atoms with van der Waals surface area (Å²) in [7, 11) is 0. The van der Waals surface area contributed by atoms with Crippen LogP contribution in [0.2, 0.25) is 5.02 Å². The Balaban J connectivity index is 0.00000353. The fraction of sp³-hybridized carbons (Fsp3) is 0.0625. The highest BCUT2D eigenvalue weighted by atomic mass is 35.5. The number of hydrogen-bond donors (Lipinski definition) is 1. The molecule has 0 spiro atoms. The van der Waals surface area contributed by atoms with Crippen LogP contribution in [0.25, 0.3) is 28.1 Å². The molecule has 6 nitrogen and oxygen atoms in total. The molecular weight excluding hydrogens is 603 g/mol. The number of nitrogens with zero attached hydrogens (tertiary/aromatic N) is 5. The Bertz CT molecular complexity index is 2040. The number of rotatable bonds is 6. The monoisotopic (exact) mass is 628 g/mol. The molecule has 42 heavy (non-hydrogen) atoms. The van der Waals surface area contributed by atoms with Crippen LogP contribution in [0.4, 0.5) is 5.82 Å². The van der Waals surface area contributed by atoms with E-state index in [0.29, 0.717) is 49.9 Å². The first-order valence-corrected chi connectivity index (χ1v) is 14.2. The number of halogens is 2. The minimum Gasteiger partial charge on any atom is -0.384 e. The molecule has 2 N–H and O–H groups in total. The van der Waals surface area contributed by atoms with E-state index in [0.717, 1.165) is 22.6 Å². The number of hydrogen-bond acceptors (Lipinski definition) is 5. The molecule has 0 aliphatic carbocycles. The number of para-hydroxylation sites is 3. The lowest BCUT2D eigenvalue weighted by Gasteiger charge is -2.20. The third-order valence-corrected chi connectivity index (χ3v) is 7.75. The Morgan fingerprint density at radius 1 is 0.690 bits per heavy atom. The number of nitrogens with two attached hydrogens (primary N) is 1. The van der Waals surface area contributed by atoms with E-state index in [1.165, 1.54) is 0 Å². The normalized spacial score (nSPS) is 11.4. The molecule has 0 atom stereocenters. The van der Waals surface area contributed by atoms with Gasteiger partial charge in [-0.2, -0.15) is 4.98 Å². The van der Waals surface area contributed by atoms with Gasteiger partial charge in [-0.1, -0.05) is 90.5 Å². The van der Waals surface area contributed by atoms with E-state index in [-0.39, 0.29) is 12.4 Å². The summed E-state index contributed by atoms with van der Waals surface area (Å²) in [6, 6.07) is 37.3. The first-order valence-electron chi connectivity index (χ1n) is 13.0. The highest BCUT2D eigenvalue weighted by molar-refractivity contribution is 7.72. The third-order valence-electron chi connectivity index (χ3n) is 6.75. The van der Waals surface area contributed by atoms with Gasteiger partial charge in [0, 0.05) is 22.9 Å². The first kappa shape index (κ1) is 29.4. The van der Waals surface area contributed by atoms with Crippen molar-refractivity contribution in [1.29, 1.82) is 0 Å². The van der Waals surface area contributed by atoms with Gasteiger partial charge in [0.15, 0.2) is 10.4 Å². The quantitative estimate of drug-likeness (QED) is 0.191. The minimum atomic E-state index is 0. The molecule has 0 amide bonds. The van der Waals surface area contributed by atoms with Crippen molar-refractivity contribution >= 4 is 65.3 Å². The summed E-state index contributed by atoms with van der Waals surface area (Å²) < 4.78 is 6.60. The van der Waals surface area contributed by atoms with E-state index in [1.54, 1.807) is 0 Å². The maximum atomic E-state index is 7.02. The summed E-state index contributed by atoms with van der Waals surface area (Å²) in [5.74, 6) is 0.431. The molecule has 4 aromatic carbocycles. The average molecular weight is 630 g/mol. The van der Waals surface area contributed by atoms with Gasteiger partial charge < -0.3 is 5.73 Å². The Labute approximate surface area is 264 Å². The van der Waals surface area contributed by atoms with Crippen molar-refractivity contribution in [3.05, 3.63) is 141 Å². The van der Waals surface area contributed by atoms with Gasteiger partial charge in [-0.05, 0) is 72.7 Å². The van der Waals surface area contributed by atoms with Crippen molar-refractivity contribution in [2.45, 2.75) is 6.42 Å². The zero-order valence-corrected chi connectivity index (χ0v) is 25.5. The molecule has 0 aliphatic rings. The number of benzene rings is 4. The van der Waals surface area contributed by atoms with Crippen molar-refractivity contribution in [2.75, 3.05) is 12.3 Å². The molecule has 0 radical (unpaired) electrons. The lowest BCUT2D eigenvalue weighted by molar-refractivity contribution is 0.808. The van der Waals surface area contributed by atoms with E-state index in [2.05, 4.69) is 0 Å². The summed E-state index contributed by atoms with van der Waals surface area (Å²) in [5, 5.41) is 1.32. The fourth-order valence-corrected chi connectivity index (χ4v) is 5.74. The van der Waals surface area contributed by atoms with E-state index in [4.69, 9.17) is 51.7 Å². The van der Waals surface area contributed by atoms with Crippen molar-refractivity contribution in [3.8, 4) is 17.1 Å². The molecule has 0 fully saturated rings. The summed E-state index contributed by atoms with van der Waals surface area (Å²) in [4.78, 5) is 10.0. The standard InChI is InChI=1S/C32H25ClN6S2.ClH/c33-23-18-16-22(17-19-23)20-21-35-31-36-29-27(28(34)37(31)24-10-4-1-5-11-24)30(40)39(26-14-8-3-9-15-26)32(41)38(29)25-12-6-2-7-13-25;/h1-19H,20-21,34H2;1H. The summed E-state index contributed by atoms with van der Waals surface area (Å²) >= 11 is 18.2. The van der Waals surface area contributed by atoms with E-state index in [1.807, 2.05) is 129 Å². The van der Waals surface area contributed by atoms with Gasteiger partial charge in [-0.3, -0.25) is 18.7 Å². The van der Waals surface area contributed by atoms with Crippen molar-refractivity contribution in [2.24, 2.45) is 4.99 Å². The van der Waals surface area contributed by atoms with Gasteiger partial charge in [0.25, 0.3) is 0 Å². The van der Waals surface area contributed by atoms with Gasteiger partial charge >= 0.3 is 0 Å². The molecule has 0 unspecified atom stereocenters. The Kier molecular flexibility index (Phi) is 8.99. The molecule has 210 valence electrons. The summed E-state index contributed by atoms with van der Waals surface area (Å²) in [6.45, 7) is 0.496. The van der Waals surface area contributed by atoms with Crippen LogP contribution in [-0.2, 0) is 6.42 Å². The largest absolute Gasteiger partial charge is 0.384 e.